The molecule has 0 unspecified atom stereocenters. The molecule has 0 atom stereocenters. The largest absolute Gasteiger partial charge is 0.380 e. The normalized spacial score (nSPS) is 20.6. The summed E-state index contributed by atoms with van der Waals surface area (Å²) < 4.78 is 15.3. The Morgan fingerprint density at radius 3 is 2.40 bits per heavy atom. The zero-order valence-electron chi connectivity index (χ0n) is 5.43. The molecule has 1 aliphatic carbocycles. The van der Waals surface area contributed by atoms with Crippen molar-refractivity contribution in [1.29, 1.82) is 0 Å². The van der Waals surface area contributed by atoms with E-state index in [2.05, 4.69) is 0 Å². The summed E-state index contributed by atoms with van der Waals surface area (Å²) in [5.74, 6) is 0.533. The van der Waals surface area contributed by atoms with E-state index < -0.39 is 6.07 Å². The molecule has 0 aromatic carbocycles. The molecule has 0 amide bonds. The second-order valence-corrected chi connectivity index (χ2v) is 6.78. The van der Waals surface area contributed by atoms with Crippen LogP contribution in [0.2, 0.25) is 0 Å². The van der Waals surface area contributed by atoms with Crippen molar-refractivity contribution in [2.75, 3.05) is 6.61 Å². The van der Waals surface area contributed by atoms with Gasteiger partial charge in [-0.3, -0.25) is 4.57 Å². The van der Waals surface area contributed by atoms with E-state index in [-0.39, 0.29) is 0 Å². The molecule has 0 aromatic heterocycles. The van der Waals surface area contributed by atoms with E-state index in [9.17, 15) is 4.57 Å². The molecular formula is C5H9Cl2O2P. The van der Waals surface area contributed by atoms with Crippen molar-refractivity contribution < 1.29 is 9.09 Å². The molecule has 0 aliphatic heterocycles. The van der Waals surface area contributed by atoms with Gasteiger partial charge in [0, 0.05) is 0 Å². The SMILES string of the molecule is O=P(Cl)(Cl)OCC1CCC1. The van der Waals surface area contributed by atoms with Crippen LogP contribution in [0, 0.1) is 5.92 Å². The molecule has 0 radical (unpaired) electrons. The molecule has 1 saturated carbocycles. The van der Waals surface area contributed by atoms with Gasteiger partial charge in [-0.05, 0) is 41.2 Å². The van der Waals surface area contributed by atoms with E-state index in [4.69, 9.17) is 27.0 Å². The molecular weight excluding hydrogens is 194 g/mol. The third-order valence-electron chi connectivity index (χ3n) is 1.69. The maximum Gasteiger partial charge on any atom is 0.380 e. The monoisotopic (exact) mass is 202 g/mol. The van der Waals surface area contributed by atoms with Gasteiger partial charge in [-0.15, -0.1) is 0 Å². The van der Waals surface area contributed by atoms with Crippen LogP contribution >= 0.6 is 28.6 Å². The zero-order chi connectivity index (χ0) is 7.61. The van der Waals surface area contributed by atoms with Crippen LogP contribution in [-0.2, 0) is 9.09 Å². The van der Waals surface area contributed by atoms with Crippen LogP contribution in [0.4, 0.5) is 0 Å². The highest BCUT2D eigenvalue weighted by Crippen LogP contribution is 2.58. The van der Waals surface area contributed by atoms with Crippen LogP contribution in [0.5, 0.6) is 0 Å². The number of halogens is 2. The lowest BCUT2D eigenvalue weighted by Gasteiger charge is -2.24. The molecule has 2 nitrogen and oxygen atoms in total. The van der Waals surface area contributed by atoms with Crippen molar-refractivity contribution in [2.24, 2.45) is 5.92 Å². The van der Waals surface area contributed by atoms with Crippen LogP contribution in [0.25, 0.3) is 0 Å². The molecule has 0 N–H and O–H groups in total. The fourth-order valence-corrected chi connectivity index (χ4v) is 1.57. The molecule has 0 aromatic rings. The molecule has 5 heteroatoms. The highest BCUT2D eigenvalue weighted by molar-refractivity contribution is 8.05. The van der Waals surface area contributed by atoms with Crippen molar-refractivity contribution in [1.82, 2.24) is 0 Å². The predicted molar refractivity (Wildman–Crippen MR) is 42.6 cm³/mol. The standard InChI is InChI=1S/C5H9Cl2O2P/c6-10(7,8)9-4-5-2-1-3-5/h5H,1-4H2. The Labute approximate surface area is 69.9 Å². The molecule has 0 spiro atoms. The molecule has 0 bridgehead atoms. The van der Waals surface area contributed by atoms with Gasteiger partial charge in [0.05, 0.1) is 6.61 Å². The first-order valence-corrected chi connectivity index (χ1v) is 6.65. The van der Waals surface area contributed by atoms with E-state index in [1.54, 1.807) is 0 Å². The van der Waals surface area contributed by atoms with Crippen LogP contribution in [-0.4, -0.2) is 6.61 Å². The summed E-state index contributed by atoms with van der Waals surface area (Å²) in [6.07, 6.45) is 0.278. The summed E-state index contributed by atoms with van der Waals surface area (Å²) in [5, 5.41) is 0. The first-order chi connectivity index (χ1) is 4.58. The van der Waals surface area contributed by atoms with Crippen LogP contribution < -0.4 is 0 Å². The second-order valence-electron chi connectivity index (χ2n) is 2.51. The Hall–Kier alpha value is 0.770. The van der Waals surface area contributed by atoms with E-state index in [1.807, 2.05) is 0 Å². The minimum Gasteiger partial charge on any atom is -0.306 e. The topological polar surface area (TPSA) is 26.3 Å². The fourth-order valence-electron chi connectivity index (χ4n) is 0.852. The average molecular weight is 203 g/mol. The Morgan fingerprint density at radius 1 is 1.50 bits per heavy atom. The van der Waals surface area contributed by atoms with Gasteiger partial charge in [0.15, 0.2) is 0 Å². The lowest BCUT2D eigenvalue weighted by Crippen LogP contribution is -2.15. The molecule has 1 fully saturated rings. The summed E-state index contributed by atoms with van der Waals surface area (Å²) >= 11 is 10.3. The van der Waals surface area contributed by atoms with Gasteiger partial charge in [-0.2, -0.15) is 0 Å². The highest BCUT2D eigenvalue weighted by Gasteiger charge is 2.22. The zero-order valence-corrected chi connectivity index (χ0v) is 7.83. The summed E-state index contributed by atoms with van der Waals surface area (Å²) in [7, 11) is 0. The Kier molecular flexibility index (Phi) is 3.05. The van der Waals surface area contributed by atoms with Crippen molar-refractivity contribution in [3.63, 3.8) is 0 Å². The van der Waals surface area contributed by atoms with Crippen LogP contribution in [0.1, 0.15) is 19.3 Å². The molecule has 10 heavy (non-hydrogen) atoms. The summed E-state index contributed by atoms with van der Waals surface area (Å²) in [6.45, 7) is 0.449. The molecule has 1 rings (SSSR count). The molecule has 0 saturated heterocycles. The highest BCUT2D eigenvalue weighted by atomic mass is 35.9. The molecule has 0 heterocycles. The molecule has 1 aliphatic rings. The van der Waals surface area contributed by atoms with E-state index in [1.165, 1.54) is 6.42 Å². The maximum atomic E-state index is 10.6. The van der Waals surface area contributed by atoms with Gasteiger partial charge in [0.1, 0.15) is 0 Å². The van der Waals surface area contributed by atoms with Crippen LogP contribution in [0.3, 0.4) is 0 Å². The van der Waals surface area contributed by atoms with Gasteiger partial charge >= 0.3 is 6.07 Å². The minimum atomic E-state index is -3.25. The first kappa shape index (κ1) is 8.86. The third-order valence-corrected chi connectivity index (χ3v) is 2.72. The third kappa shape index (κ3) is 3.25. The summed E-state index contributed by atoms with van der Waals surface area (Å²) in [4.78, 5) is 0. The quantitative estimate of drug-likeness (QED) is 0.657. The number of hydrogen-bond donors (Lipinski definition) is 0. The van der Waals surface area contributed by atoms with Crippen molar-refractivity contribution in [2.45, 2.75) is 19.3 Å². The Morgan fingerprint density at radius 2 is 2.10 bits per heavy atom. The smallest absolute Gasteiger partial charge is 0.306 e. The average Bonchev–Trinajstić information content (AvgIpc) is 1.56. The Bertz CT molecular complexity index is 152. The minimum absolute atomic E-state index is 0.449. The van der Waals surface area contributed by atoms with Crippen molar-refractivity contribution >= 4 is 28.6 Å². The first-order valence-electron chi connectivity index (χ1n) is 3.22. The van der Waals surface area contributed by atoms with E-state index in [0.29, 0.717) is 12.5 Å². The van der Waals surface area contributed by atoms with Crippen molar-refractivity contribution in [3.8, 4) is 0 Å². The van der Waals surface area contributed by atoms with E-state index >= 15 is 0 Å². The van der Waals surface area contributed by atoms with Gasteiger partial charge in [0.25, 0.3) is 0 Å². The lowest BCUT2D eigenvalue weighted by atomic mass is 9.86. The van der Waals surface area contributed by atoms with Gasteiger partial charge in [-0.1, -0.05) is 6.42 Å². The number of hydrogen-bond acceptors (Lipinski definition) is 2. The molecule has 60 valence electrons. The summed E-state index contributed by atoms with van der Waals surface area (Å²) in [6, 6.07) is 0. The lowest BCUT2D eigenvalue weighted by molar-refractivity contribution is 0.190. The number of rotatable bonds is 3. The second kappa shape index (κ2) is 3.44. The maximum absolute atomic E-state index is 10.6. The van der Waals surface area contributed by atoms with Crippen molar-refractivity contribution in [3.05, 3.63) is 0 Å². The Balaban J connectivity index is 2.10. The van der Waals surface area contributed by atoms with Gasteiger partial charge in [0.2, 0.25) is 0 Å². The van der Waals surface area contributed by atoms with Gasteiger partial charge < -0.3 is 4.52 Å². The van der Waals surface area contributed by atoms with E-state index in [0.717, 1.165) is 12.8 Å². The summed E-state index contributed by atoms with van der Waals surface area (Å²) in [5.41, 5.74) is 0. The fraction of sp³-hybridized carbons (Fsp3) is 1.00. The van der Waals surface area contributed by atoms with Gasteiger partial charge in [-0.25, -0.2) is 0 Å². The van der Waals surface area contributed by atoms with Crippen LogP contribution in [0.15, 0.2) is 0 Å². The predicted octanol–water partition coefficient (Wildman–Crippen LogP) is 3.39.